The van der Waals surface area contributed by atoms with E-state index in [0.29, 0.717) is 12.6 Å². The zero-order chi connectivity index (χ0) is 15.7. The first-order valence-corrected chi connectivity index (χ1v) is 7.85. The smallest absolute Gasteiger partial charge is 0.128 e. The molecule has 0 bridgehead atoms. The topological polar surface area (TPSA) is 14.2 Å². The van der Waals surface area contributed by atoms with Crippen LogP contribution in [0.3, 0.4) is 0 Å². The summed E-state index contributed by atoms with van der Waals surface area (Å²) in [6, 6.07) is 17.4. The molecule has 3 aromatic rings. The van der Waals surface area contributed by atoms with Gasteiger partial charge in [0.15, 0.2) is 0 Å². The number of rotatable bonds is 4. The third-order valence-corrected chi connectivity index (χ3v) is 4.07. The zero-order valence-corrected chi connectivity index (χ0v) is 13.8. The zero-order valence-electron chi connectivity index (χ0n) is 13.8. The van der Waals surface area contributed by atoms with E-state index in [-0.39, 0.29) is 0 Å². The molecule has 1 heterocycles. The summed E-state index contributed by atoms with van der Waals surface area (Å²) in [5.41, 5.74) is 5.05. The SMILES string of the molecule is Cc1cccc(OCc2cc3c(C)cccc3n2C(C)C)c1. The number of aryl methyl sites for hydroxylation is 2. The van der Waals surface area contributed by atoms with Gasteiger partial charge in [-0.25, -0.2) is 0 Å². The summed E-state index contributed by atoms with van der Waals surface area (Å²) >= 11 is 0. The van der Waals surface area contributed by atoms with Gasteiger partial charge in [0.05, 0.1) is 5.69 Å². The lowest BCUT2D eigenvalue weighted by Crippen LogP contribution is -2.08. The molecule has 1 aromatic heterocycles. The van der Waals surface area contributed by atoms with Gasteiger partial charge < -0.3 is 9.30 Å². The van der Waals surface area contributed by atoms with Crippen LogP contribution in [0.2, 0.25) is 0 Å². The Morgan fingerprint density at radius 1 is 1.00 bits per heavy atom. The Kier molecular flexibility index (Phi) is 3.93. The van der Waals surface area contributed by atoms with Gasteiger partial charge in [0.2, 0.25) is 0 Å². The van der Waals surface area contributed by atoms with Crippen molar-refractivity contribution in [1.82, 2.24) is 4.57 Å². The number of benzene rings is 2. The fourth-order valence-electron chi connectivity index (χ4n) is 3.04. The average Bonchev–Trinajstić information content (AvgIpc) is 2.85. The molecular weight excluding hydrogens is 270 g/mol. The molecule has 0 aliphatic rings. The van der Waals surface area contributed by atoms with Gasteiger partial charge >= 0.3 is 0 Å². The number of hydrogen-bond acceptors (Lipinski definition) is 1. The molecule has 114 valence electrons. The van der Waals surface area contributed by atoms with E-state index in [1.54, 1.807) is 0 Å². The number of ether oxygens (including phenoxy) is 1. The number of fused-ring (bicyclic) bond motifs is 1. The summed E-state index contributed by atoms with van der Waals surface area (Å²) in [6.45, 7) is 9.28. The molecule has 0 atom stereocenters. The van der Waals surface area contributed by atoms with Crippen LogP contribution in [0.5, 0.6) is 5.75 Å². The van der Waals surface area contributed by atoms with E-state index < -0.39 is 0 Å². The minimum Gasteiger partial charge on any atom is -0.487 e. The maximum Gasteiger partial charge on any atom is 0.128 e. The second-order valence-electron chi connectivity index (χ2n) is 6.21. The molecule has 0 aliphatic carbocycles. The highest BCUT2D eigenvalue weighted by molar-refractivity contribution is 5.84. The van der Waals surface area contributed by atoms with E-state index >= 15 is 0 Å². The molecule has 0 saturated heterocycles. The summed E-state index contributed by atoms with van der Waals surface area (Å²) in [7, 11) is 0. The van der Waals surface area contributed by atoms with Crippen molar-refractivity contribution in [2.75, 3.05) is 0 Å². The number of nitrogens with zero attached hydrogens (tertiary/aromatic N) is 1. The predicted octanol–water partition coefficient (Wildman–Crippen LogP) is 5.42. The Morgan fingerprint density at radius 2 is 1.77 bits per heavy atom. The van der Waals surface area contributed by atoms with E-state index in [1.807, 2.05) is 12.1 Å². The minimum atomic E-state index is 0.412. The lowest BCUT2D eigenvalue weighted by molar-refractivity contribution is 0.293. The van der Waals surface area contributed by atoms with Crippen molar-refractivity contribution in [2.24, 2.45) is 0 Å². The largest absolute Gasteiger partial charge is 0.487 e. The van der Waals surface area contributed by atoms with Crippen molar-refractivity contribution in [1.29, 1.82) is 0 Å². The van der Waals surface area contributed by atoms with Gasteiger partial charge in [-0.15, -0.1) is 0 Å². The third-order valence-electron chi connectivity index (χ3n) is 4.07. The Hall–Kier alpha value is -2.22. The van der Waals surface area contributed by atoms with Crippen molar-refractivity contribution < 1.29 is 4.74 Å². The van der Waals surface area contributed by atoms with Crippen molar-refractivity contribution in [3.8, 4) is 5.75 Å². The van der Waals surface area contributed by atoms with Gasteiger partial charge in [-0.1, -0.05) is 24.3 Å². The Bertz CT molecular complexity index is 799. The molecule has 2 heteroatoms. The molecule has 0 aliphatic heterocycles. The molecule has 2 aromatic carbocycles. The van der Waals surface area contributed by atoms with E-state index in [4.69, 9.17) is 4.74 Å². The van der Waals surface area contributed by atoms with Crippen LogP contribution in [0.4, 0.5) is 0 Å². The van der Waals surface area contributed by atoms with Crippen molar-refractivity contribution in [3.63, 3.8) is 0 Å². The van der Waals surface area contributed by atoms with Gasteiger partial charge in [-0.05, 0) is 63.1 Å². The van der Waals surface area contributed by atoms with E-state index in [0.717, 1.165) is 5.75 Å². The highest BCUT2D eigenvalue weighted by atomic mass is 16.5. The summed E-state index contributed by atoms with van der Waals surface area (Å²) < 4.78 is 8.39. The summed E-state index contributed by atoms with van der Waals surface area (Å²) in [5.74, 6) is 0.928. The second-order valence-corrected chi connectivity index (χ2v) is 6.21. The number of aromatic nitrogens is 1. The van der Waals surface area contributed by atoms with Crippen LogP contribution in [0.15, 0.2) is 48.5 Å². The standard InChI is InChI=1S/C20H23NO/c1-14(2)21-17(12-19-16(4)8-6-10-20(19)21)13-22-18-9-5-7-15(3)11-18/h5-12,14H,13H2,1-4H3. The van der Waals surface area contributed by atoms with Crippen LogP contribution in [-0.2, 0) is 6.61 Å². The molecule has 3 rings (SSSR count). The van der Waals surface area contributed by atoms with Crippen molar-refractivity contribution in [2.45, 2.75) is 40.3 Å². The van der Waals surface area contributed by atoms with Gasteiger partial charge in [0.1, 0.15) is 12.4 Å². The average molecular weight is 293 g/mol. The highest BCUT2D eigenvalue weighted by Gasteiger charge is 2.13. The molecule has 0 fully saturated rings. The maximum atomic E-state index is 6.01. The molecule has 0 saturated carbocycles. The molecular formula is C20H23NO. The summed E-state index contributed by atoms with van der Waals surface area (Å²) in [5, 5.41) is 1.32. The second kappa shape index (κ2) is 5.88. The Labute approximate surface area is 132 Å². The van der Waals surface area contributed by atoms with Crippen LogP contribution in [0, 0.1) is 13.8 Å². The molecule has 0 radical (unpaired) electrons. The quantitative estimate of drug-likeness (QED) is 0.626. The summed E-state index contributed by atoms with van der Waals surface area (Å²) in [4.78, 5) is 0. The van der Waals surface area contributed by atoms with Crippen LogP contribution >= 0.6 is 0 Å². The van der Waals surface area contributed by atoms with E-state index in [1.165, 1.54) is 27.7 Å². The summed E-state index contributed by atoms with van der Waals surface area (Å²) in [6.07, 6.45) is 0. The van der Waals surface area contributed by atoms with Gasteiger partial charge in [-0.3, -0.25) is 0 Å². The van der Waals surface area contributed by atoms with Crippen LogP contribution in [0.1, 0.15) is 36.7 Å². The first kappa shape index (κ1) is 14.7. The third kappa shape index (κ3) is 2.74. The maximum absolute atomic E-state index is 6.01. The predicted molar refractivity (Wildman–Crippen MR) is 92.6 cm³/mol. The van der Waals surface area contributed by atoms with Crippen molar-refractivity contribution in [3.05, 3.63) is 65.4 Å². The molecule has 0 unspecified atom stereocenters. The monoisotopic (exact) mass is 293 g/mol. The molecule has 2 nitrogen and oxygen atoms in total. The molecule has 0 amide bonds. The molecule has 0 N–H and O–H groups in total. The number of hydrogen-bond donors (Lipinski definition) is 0. The lowest BCUT2D eigenvalue weighted by Gasteiger charge is -2.15. The molecule has 0 spiro atoms. The van der Waals surface area contributed by atoms with Crippen molar-refractivity contribution >= 4 is 10.9 Å². The lowest BCUT2D eigenvalue weighted by atomic mass is 10.1. The first-order valence-electron chi connectivity index (χ1n) is 7.85. The van der Waals surface area contributed by atoms with E-state index in [2.05, 4.69) is 68.7 Å². The van der Waals surface area contributed by atoms with Crippen LogP contribution in [-0.4, -0.2) is 4.57 Å². The normalized spacial score (nSPS) is 11.3. The Morgan fingerprint density at radius 3 is 2.50 bits per heavy atom. The highest BCUT2D eigenvalue weighted by Crippen LogP contribution is 2.27. The first-order chi connectivity index (χ1) is 10.6. The van der Waals surface area contributed by atoms with Crippen LogP contribution < -0.4 is 4.74 Å². The van der Waals surface area contributed by atoms with Crippen LogP contribution in [0.25, 0.3) is 10.9 Å². The van der Waals surface area contributed by atoms with Gasteiger partial charge in [0, 0.05) is 16.9 Å². The molecule has 22 heavy (non-hydrogen) atoms. The Balaban J connectivity index is 1.96. The fraction of sp³-hybridized carbons (Fsp3) is 0.300. The fourth-order valence-corrected chi connectivity index (χ4v) is 3.04. The van der Waals surface area contributed by atoms with E-state index in [9.17, 15) is 0 Å². The minimum absolute atomic E-state index is 0.412. The van der Waals surface area contributed by atoms with Gasteiger partial charge in [0.25, 0.3) is 0 Å². The van der Waals surface area contributed by atoms with Gasteiger partial charge in [-0.2, -0.15) is 0 Å².